The fourth-order valence-electron chi connectivity index (χ4n) is 7.38. The first-order chi connectivity index (χ1) is 21.3. The lowest BCUT2D eigenvalue weighted by atomic mass is 9.71. The summed E-state index contributed by atoms with van der Waals surface area (Å²) in [7, 11) is 0. The Bertz CT molecular complexity index is 1500. The number of aromatic nitrogens is 4. The van der Waals surface area contributed by atoms with Crippen molar-refractivity contribution in [2.24, 2.45) is 23.7 Å². The van der Waals surface area contributed by atoms with Crippen molar-refractivity contribution >= 4 is 46.6 Å². The van der Waals surface area contributed by atoms with Crippen LogP contribution in [0.4, 0.5) is 23.1 Å². The van der Waals surface area contributed by atoms with Crippen LogP contribution in [0, 0.1) is 23.7 Å². The molecule has 2 saturated carbocycles. The molecule has 2 amide bonds. The van der Waals surface area contributed by atoms with Gasteiger partial charge in [0.2, 0.25) is 17.8 Å². The Kier molecular flexibility index (Phi) is 9.16. The maximum atomic E-state index is 13.2. The number of benzene rings is 1. The minimum Gasteiger partial charge on any atom is -0.365 e. The van der Waals surface area contributed by atoms with Gasteiger partial charge in [-0.3, -0.25) is 14.3 Å². The summed E-state index contributed by atoms with van der Waals surface area (Å²) in [6.07, 6.45) is 14.3. The number of hydrogen-bond donors (Lipinski definition) is 3. The number of carbonyl (C=O) groups excluding carboxylic acids is 2. The molecule has 6 rings (SSSR count). The molecule has 1 aliphatic heterocycles. The van der Waals surface area contributed by atoms with Crippen LogP contribution >= 0.6 is 11.6 Å². The van der Waals surface area contributed by atoms with Crippen molar-refractivity contribution in [2.45, 2.75) is 64.5 Å². The average molecular weight is 617 g/mol. The molecule has 2 aromatic heterocycles. The number of piperidine rings is 1. The fourth-order valence-corrected chi connectivity index (χ4v) is 7.54. The molecule has 3 N–H and O–H groups in total. The summed E-state index contributed by atoms with van der Waals surface area (Å²) in [5.41, 5.74) is 2.41. The maximum Gasteiger partial charge on any atom is 0.247 e. The predicted molar refractivity (Wildman–Crippen MR) is 173 cm³/mol. The highest BCUT2D eigenvalue weighted by Gasteiger charge is 2.41. The van der Waals surface area contributed by atoms with Crippen LogP contribution in [0.15, 0.2) is 55.5 Å². The zero-order chi connectivity index (χ0) is 30.6. The summed E-state index contributed by atoms with van der Waals surface area (Å²) in [5.74, 6) is 3.86. The number of likely N-dealkylation sites (tertiary alicyclic amines) is 1. The number of anilines is 4. The van der Waals surface area contributed by atoms with Crippen LogP contribution in [0.2, 0.25) is 5.02 Å². The zero-order valence-electron chi connectivity index (χ0n) is 25.2. The van der Waals surface area contributed by atoms with Crippen LogP contribution in [-0.4, -0.2) is 49.6 Å². The minimum atomic E-state index is -0.264. The number of nitrogens with one attached hydrogen (secondary N) is 3. The molecular formula is C33H41ClN8O2. The molecule has 2 aliphatic carbocycles. The molecule has 232 valence electrons. The first kappa shape index (κ1) is 30.1. The van der Waals surface area contributed by atoms with E-state index < -0.39 is 0 Å². The van der Waals surface area contributed by atoms with Crippen molar-refractivity contribution in [3.05, 3.63) is 66.1 Å². The van der Waals surface area contributed by atoms with Crippen LogP contribution in [-0.2, 0) is 16.1 Å². The molecule has 0 radical (unpaired) electrons. The second kappa shape index (κ2) is 13.4. The highest BCUT2D eigenvalue weighted by Crippen LogP contribution is 2.49. The van der Waals surface area contributed by atoms with Crippen molar-refractivity contribution in [2.75, 3.05) is 29.0 Å². The van der Waals surface area contributed by atoms with Gasteiger partial charge in [-0.25, -0.2) is 4.98 Å². The number of fused-ring (bicyclic) bond motifs is 2. The van der Waals surface area contributed by atoms with E-state index in [1.165, 1.54) is 31.8 Å². The van der Waals surface area contributed by atoms with Gasteiger partial charge in [0.15, 0.2) is 5.82 Å². The summed E-state index contributed by atoms with van der Waals surface area (Å²) in [6, 6.07) is 7.74. The van der Waals surface area contributed by atoms with Crippen LogP contribution in [0.25, 0.3) is 0 Å². The molecule has 1 unspecified atom stereocenters. The van der Waals surface area contributed by atoms with E-state index in [0.717, 1.165) is 55.4 Å². The summed E-state index contributed by atoms with van der Waals surface area (Å²) >= 11 is 6.37. The highest BCUT2D eigenvalue weighted by molar-refractivity contribution is 6.32. The Labute approximate surface area is 263 Å². The topological polar surface area (TPSA) is 117 Å². The van der Waals surface area contributed by atoms with Gasteiger partial charge in [0.25, 0.3) is 0 Å². The number of hydrogen-bond acceptors (Lipinski definition) is 7. The van der Waals surface area contributed by atoms with Crippen LogP contribution in [0.1, 0.15) is 63.5 Å². The van der Waals surface area contributed by atoms with Gasteiger partial charge in [0, 0.05) is 37.9 Å². The third-order valence-corrected chi connectivity index (χ3v) is 9.94. The number of rotatable bonds is 10. The molecule has 0 spiro atoms. The van der Waals surface area contributed by atoms with Gasteiger partial charge < -0.3 is 20.9 Å². The summed E-state index contributed by atoms with van der Waals surface area (Å²) in [5, 5.41) is 14.2. The molecule has 44 heavy (non-hydrogen) atoms. The molecule has 11 heteroatoms. The van der Waals surface area contributed by atoms with E-state index in [2.05, 4.69) is 49.4 Å². The second-order valence-corrected chi connectivity index (χ2v) is 13.0. The van der Waals surface area contributed by atoms with Crippen molar-refractivity contribution < 1.29 is 9.59 Å². The molecule has 3 aliphatic rings. The van der Waals surface area contributed by atoms with Crippen molar-refractivity contribution in [1.29, 1.82) is 0 Å². The first-order valence-corrected chi connectivity index (χ1v) is 16.1. The van der Waals surface area contributed by atoms with E-state index in [0.29, 0.717) is 46.8 Å². The standard InChI is InChI=1S/C33H41ClN8O2/c1-3-30(43)38-25-6-4-5-23(15-25)17-35-32-29(34)19-36-33(40-32)39-26-18-37-42(20-26)27-9-11-41(12-10-27)31(44)16-28-21(2)13-22-7-8-24(28)14-22/h3-6,15,18-22,24,27-28H,1,7-14,16-17H2,2H3,(H,38,43)(H2,35,36,39,40)/t21-,22+,24+,28?/m0/s1. The molecule has 10 nitrogen and oxygen atoms in total. The Morgan fingerprint density at radius 3 is 2.77 bits per heavy atom. The van der Waals surface area contributed by atoms with Crippen molar-refractivity contribution in [3.63, 3.8) is 0 Å². The van der Waals surface area contributed by atoms with Crippen molar-refractivity contribution in [1.82, 2.24) is 24.6 Å². The van der Waals surface area contributed by atoms with Crippen LogP contribution in [0.5, 0.6) is 0 Å². The molecule has 1 aromatic carbocycles. The lowest BCUT2D eigenvalue weighted by Crippen LogP contribution is -2.41. The van der Waals surface area contributed by atoms with Gasteiger partial charge in [-0.1, -0.05) is 43.7 Å². The smallest absolute Gasteiger partial charge is 0.247 e. The molecule has 1 saturated heterocycles. The highest BCUT2D eigenvalue weighted by atomic mass is 35.5. The van der Waals surface area contributed by atoms with E-state index in [1.54, 1.807) is 12.4 Å². The average Bonchev–Trinajstić information content (AvgIpc) is 3.67. The van der Waals surface area contributed by atoms with Crippen LogP contribution in [0.3, 0.4) is 0 Å². The number of halogens is 1. The van der Waals surface area contributed by atoms with E-state index in [-0.39, 0.29) is 11.9 Å². The minimum absolute atomic E-state index is 0.245. The quantitative estimate of drug-likeness (QED) is 0.225. The van der Waals surface area contributed by atoms with Gasteiger partial charge in [0.05, 0.1) is 24.1 Å². The zero-order valence-corrected chi connectivity index (χ0v) is 26.0. The number of carbonyl (C=O) groups is 2. The fraction of sp³-hybridized carbons (Fsp3) is 0.485. The molecule has 3 fully saturated rings. The third kappa shape index (κ3) is 7.07. The molecule has 2 bridgehead atoms. The lowest BCUT2D eigenvalue weighted by molar-refractivity contribution is -0.134. The summed E-state index contributed by atoms with van der Waals surface area (Å²) < 4.78 is 1.99. The summed E-state index contributed by atoms with van der Waals surface area (Å²) in [6.45, 7) is 7.85. The second-order valence-electron chi connectivity index (χ2n) is 12.6. The Hall–Kier alpha value is -3.92. The largest absolute Gasteiger partial charge is 0.365 e. The van der Waals surface area contributed by atoms with E-state index in [1.807, 2.05) is 35.1 Å². The van der Waals surface area contributed by atoms with Gasteiger partial charge >= 0.3 is 0 Å². The molecule has 4 atom stereocenters. The molecular weight excluding hydrogens is 576 g/mol. The predicted octanol–water partition coefficient (Wildman–Crippen LogP) is 6.43. The normalized spacial score (nSPS) is 23.3. The van der Waals surface area contributed by atoms with Gasteiger partial charge in [-0.05, 0) is 79.5 Å². The third-order valence-electron chi connectivity index (χ3n) is 9.67. The molecule has 3 aromatic rings. The maximum absolute atomic E-state index is 13.2. The monoisotopic (exact) mass is 616 g/mol. The Balaban J connectivity index is 1.00. The Morgan fingerprint density at radius 2 is 1.95 bits per heavy atom. The number of nitrogens with zero attached hydrogens (tertiary/aromatic N) is 5. The SMILES string of the molecule is C=CC(=O)Nc1cccc(CNc2nc(Nc3cnn(C4CCN(C(=O)CC5[C@@H]6CC[C@@H](C6)C[C@@H]5C)CC4)c3)ncc2Cl)c1. The van der Waals surface area contributed by atoms with Crippen molar-refractivity contribution in [3.8, 4) is 0 Å². The van der Waals surface area contributed by atoms with Gasteiger partial charge in [0.1, 0.15) is 5.02 Å². The molecule has 3 heterocycles. The van der Waals surface area contributed by atoms with E-state index in [9.17, 15) is 9.59 Å². The van der Waals surface area contributed by atoms with E-state index in [4.69, 9.17) is 11.6 Å². The van der Waals surface area contributed by atoms with E-state index >= 15 is 0 Å². The number of amides is 2. The van der Waals surface area contributed by atoms with Gasteiger partial charge in [-0.2, -0.15) is 10.1 Å². The van der Waals surface area contributed by atoms with Gasteiger partial charge in [-0.15, -0.1) is 0 Å². The summed E-state index contributed by atoms with van der Waals surface area (Å²) in [4.78, 5) is 35.8. The van der Waals surface area contributed by atoms with Crippen LogP contribution < -0.4 is 16.0 Å². The lowest BCUT2D eigenvalue weighted by Gasteiger charge is -2.37. The first-order valence-electron chi connectivity index (χ1n) is 15.7. The Morgan fingerprint density at radius 1 is 1.11 bits per heavy atom.